The van der Waals surface area contributed by atoms with Gasteiger partial charge in [-0.05, 0) is 43.0 Å². The predicted octanol–water partition coefficient (Wildman–Crippen LogP) is 3.68. The molecule has 1 amide bonds. The molecule has 0 radical (unpaired) electrons. The van der Waals surface area contributed by atoms with E-state index in [0.717, 1.165) is 25.7 Å². The van der Waals surface area contributed by atoms with Gasteiger partial charge in [0.25, 0.3) is 5.91 Å². The minimum Gasteiger partial charge on any atom is -0.365 e. The lowest BCUT2D eigenvalue weighted by Gasteiger charge is -2.26. The topological polar surface area (TPSA) is 96.7 Å². The molecule has 1 saturated carbocycles. The fourth-order valence-corrected chi connectivity index (χ4v) is 3.47. The van der Waals surface area contributed by atoms with Crippen molar-refractivity contribution in [3.63, 3.8) is 0 Å². The van der Waals surface area contributed by atoms with Crippen LogP contribution in [0.15, 0.2) is 24.4 Å². The van der Waals surface area contributed by atoms with Crippen LogP contribution in [-0.4, -0.2) is 15.7 Å². The number of aryl methyl sites for hydroxylation is 1. The van der Waals surface area contributed by atoms with Gasteiger partial charge in [0.2, 0.25) is 0 Å². The number of hydrogen-bond donors (Lipinski definition) is 2. The fraction of sp³-hybridized carbons (Fsp3) is 0.421. The van der Waals surface area contributed by atoms with Gasteiger partial charge in [-0.15, -0.1) is 0 Å². The molecule has 1 heterocycles. The molecule has 0 spiro atoms. The third-order valence-corrected chi connectivity index (χ3v) is 4.92. The first kappa shape index (κ1) is 17.9. The molecule has 0 saturated heterocycles. The molecular formula is C19H22FN5O. The molecule has 2 atom stereocenters. The van der Waals surface area contributed by atoms with Crippen LogP contribution >= 0.6 is 0 Å². The normalized spacial score (nSPS) is 19.7. The second kappa shape index (κ2) is 7.56. The molecular weight excluding hydrogens is 333 g/mol. The maximum atomic E-state index is 13.7. The second-order valence-electron chi connectivity index (χ2n) is 6.61. The summed E-state index contributed by atoms with van der Waals surface area (Å²) in [5.74, 6) is -0.665. The smallest absolute Gasteiger partial charge is 0.254 e. The molecule has 26 heavy (non-hydrogen) atoms. The number of carbonyl (C=O) groups is 1. The number of nitriles is 1. The van der Waals surface area contributed by atoms with Gasteiger partial charge >= 0.3 is 0 Å². The Kier molecular flexibility index (Phi) is 5.21. The van der Waals surface area contributed by atoms with Crippen molar-refractivity contribution >= 4 is 17.4 Å². The average molecular weight is 355 g/mol. The van der Waals surface area contributed by atoms with Gasteiger partial charge in [0.05, 0.1) is 18.0 Å². The van der Waals surface area contributed by atoms with Crippen molar-refractivity contribution in [2.45, 2.75) is 45.1 Å². The molecule has 136 valence electrons. The third kappa shape index (κ3) is 3.54. The molecule has 7 heteroatoms. The van der Waals surface area contributed by atoms with E-state index >= 15 is 0 Å². The van der Waals surface area contributed by atoms with Crippen LogP contribution in [0.25, 0.3) is 0 Å². The minimum atomic E-state index is -0.596. The highest BCUT2D eigenvalue weighted by molar-refractivity contribution is 5.98. The number of nitrogens with two attached hydrogens (primary N) is 1. The molecule has 1 unspecified atom stereocenters. The van der Waals surface area contributed by atoms with Gasteiger partial charge in [0, 0.05) is 11.9 Å². The maximum Gasteiger partial charge on any atom is 0.254 e. The zero-order valence-electron chi connectivity index (χ0n) is 14.7. The summed E-state index contributed by atoms with van der Waals surface area (Å²) in [4.78, 5) is 11.8. The first-order chi connectivity index (χ1) is 12.5. The van der Waals surface area contributed by atoms with Crippen molar-refractivity contribution in [2.75, 3.05) is 5.32 Å². The Morgan fingerprint density at radius 3 is 2.92 bits per heavy atom. The van der Waals surface area contributed by atoms with E-state index in [2.05, 4.69) is 16.5 Å². The maximum absolute atomic E-state index is 13.7. The largest absolute Gasteiger partial charge is 0.365 e. The van der Waals surface area contributed by atoms with Crippen molar-refractivity contribution < 1.29 is 9.18 Å². The number of hydrogen-bond acceptors (Lipinski definition) is 4. The number of amides is 1. The van der Waals surface area contributed by atoms with E-state index in [1.54, 1.807) is 23.0 Å². The zero-order valence-corrected chi connectivity index (χ0v) is 14.7. The summed E-state index contributed by atoms with van der Waals surface area (Å²) in [5.41, 5.74) is 6.97. The standard InChI is InChI=1S/C19H22FN5O/c1-2-12-9-14(7-8-16(12)20)23-19-15(18(22)26)11-25(24-19)17-6-4-3-5-13(17)10-21/h7-9,11,13,17H,2-6H2,1H3,(H2,22,26)(H,23,24)/t13?,17-/m0/s1. The lowest BCUT2D eigenvalue weighted by atomic mass is 9.85. The third-order valence-electron chi connectivity index (χ3n) is 4.92. The highest BCUT2D eigenvalue weighted by atomic mass is 19.1. The van der Waals surface area contributed by atoms with Crippen molar-refractivity contribution in [1.29, 1.82) is 5.26 Å². The van der Waals surface area contributed by atoms with E-state index in [1.165, 1.54) is 6.07 Å². The Morgan fingerprint density at radius 2 is 2.23 bits per heavy atom. The zero-order chi connectivity index (χ0) is 18.7. The number of primary amides is 1. The van der Waals surface area contributed by atoms with Gasteiger partial charge in [0.1, 0.15) is 11.4 Å². The summed E-state index contributed by atoms with van der Waals surface area (Å²) >= 11 is 0. The summed E-state index contributed by atoms with van der Waals surface area (Å²) in [6.45, 7) is 1.87. The van der Waals surface area contributed by atoms with Crippen molar-refractivity contribution in [3.8, 4) is 6.07 Å². The number of nitrogens with one attached hydrogen (secondary N) is 1. The SMILES string of the molecule is CCc1cc(Nc2nn([C@H]3CCCCC3C#N)cc2C(N)=O)ccc1F. The monoisotopic (exact) mass is 355 g/mol. The van der Waals surface area contributed by atoms with Gasteiger partial charge < -0.3 is 11.1 Å². The lowest BCUT2D eigenvalue weighted by molar-refractivity contribution is 0.100. The van der Waals surface area contributed by atoms with Gasteiger partial charge in [-0.3, -0.25) is 9.48 Å². The fourth-order valence-electron chi connectivity index (χ4n) is 3.47. The van der Waals surface area contributed by atoms with Crippen LogP contribution in [0, 0.1) is 23.1 Å². The molecule has 0 bridgehead atoms. The van der Waals surface area contributed by atoms with E-state index in [9.17, 15) is 14.4 Å². The van der Waals surface area contributed by atoms with Crippen LogP contribution in [0.1, 0.15) is 54.6 Å². The van der Waals surface area contributed by atoms with Gasteiger partial charge in [-0.25, -0.2) is 4.39 Å². The highest BCUT2D eigenvalue weighted by Gasteiger charge is 2.28. The number of nitrogens with zero attached hydrogens (tertiary/aromatic N) is 3. The van der Waals surface area contributed by atoms with Gasteiger partial charge in [0.15, 0.2) is 5.82 Å². The van der Waals surface area contributed by atoms with Crippen LogP contribution in [0.2, 0.25) is 0 Å². The first-order valence-electron chi connectivity index (χ1n) is 8.87. The second-order valence-corrected chi connectivity index (χ2v) is 6.61. The van der Waals surface area contributed by atoms with E-state index in [0.29, 0.717) is 23.5 Å². The molecule has 1 aliphatic rings. The van der Waals surface area contributed by atoms with E-state index in [4.69, 9.17) is 5.73 Å². The van der Waals surface area contributed by atoms with Crippen molar-refractivity contribution in [1.82, 2.24) is 9.78 Å². The number of halogens is 1. The summed E-state index contributed by atoms with van der Waals surface area (Å²) in [6, 6.07) is 6.94. The Labute approximate surface area is 151 Å². The summed E-state index contributed by atoms with van der Waals surface area (Å²) in [5, 5.41) is 16.9. The Morgan fingerprint density at radius 1 is 1.46 bits per heavy atom. The summed E-state index contributed by atoms with van der Waals surface area (Å²) in [6.07, 6.45) is 5.88. The molecule has 1 aromatic carbocycles. The molecule has 1 fully saturated rings. The molecule has 1 aromatic heterocycles. The molecule has 6 nitrogen and oxygen atoms in total. The van der Waals surface area contributed by atoms with Crippen molar-refractivity contribution in [3.05, 3.63) is 41.3 Å². The molecule has 0 aliphatic heterocycles. The van der Waals surface area contributed by atoms with Crippen LogP contribution < -0.4 is 11.1 Å². The van der Waals surface area contributed by atoms with Crippen molar-refractivity contribution in [2.24, 2.45) is 11.7 Å². The predicted molar refractivity (Wildman–Crippen MR) is 96.4 cm³/mol. The minimum absolute atomic E-state index is 0.0678. The Bertz CT molecular complexity index is 854. The number of aromatic nitrogens is 2. The van der Waals surface area contributed by atoms with Crippen LogP contribution in [0.4, 0.5) is 15.9 Å². The number of rotatable bonds is 5. The quantitative estimate of drug-likeness (QED) is 0.855. The number of carbonyl (C=O) groups excluding carboxylic acids is 1. The average Bonchev–Trinajstić information content (AvgIpc) is 3.07. The summed E-state index contributed by atoms with van der Waals surface area (Å²) in [7, 11) is 0. The highest BCUT2D eigenvalue weighted by Crippen LogP contribution is 2.34. The van der Waals surface area contributed by atoms with E-state index < -0.39 is 5.91 Å². The Hall–Kier alpha value is -2.88. The summed E-state index contributed by atoms with van der Waals surface area (Å²) < 4.78 is 15.4. The van der Waals surface area contributed by atoms with E-state index in [-0.39, 0.29) is 23.3 Å². The lowest BCUT2D eigenvalue weighted by Crippen LogP contribution is -2.22. The van der Waals surface area contributed by atoms with Crippen LogP contribution in [0.5, 0.6) is 0 Å². The van der Waals surface area contributed by atoms with Gasteiger partial charge in [-0.1, -0.05) is 19.8 Å². The molecule has 3 rings (SSSR count). The molecule has 1 aliphatic carbocycles. The first-order valence-corrected chi connectivity index (χ1v) is 8.87. The molecule has 2 aromatic rings. The van der Waals surface area contributed by atoms with Gasteiger partial charge in [-0.2, -0.15) is 10.4 Å². The van der Waals surface area contributed by atoms with Crippen LogP contribution in [-0.2, 0) is 6.42 Å². The molecule has 3 N–H and O–H groups in total. The Balaban J connectivity index is 1.93. The number of benzene rings is 1. The number of anilines is 2. The van der Waals surface area contributed by atoms with E-state index in [1.807, 2.05) is 6.92 Å². The van der Waals surface area contributed by atoms with Crippen LogP contribution in [0.3, 0.4) is 0 Å².